The molecular formula is C16H22N4O2. The van der Waals surface area contributed by atoms with Gasteiger partial charge in [0.25, 0.3) is 0 Å². The summed E-state index contributed by atoms with van der Waals surface area (Å²) in [5.74, 6) is 3.59. The number of aryl methyl sites for hydroxylation is 1. The lowest BCUT2D eigenvalue weighted by Gasteiger charge is -2.24. The van der Waals surface area contributed by atoms with Gasteiger partial charge in [-0.25, -0.2) is 9.97 Å². The third-order valence-electron chi connectivity index (χ3n) is 4.01. The molecule has 0 spiro atoms. The van der Waals surface area contributed by atoms with Gasteiger partial charge in [-0.3, -0.25) is 0 Å². The van der Waals surface area contributed by atoms with Gasteiger partial charge < -0.3 is 19.7 Å². The number of hydrogen-bond acceptors (Lipinski definition) is 6. The molecule has 1 unspecified atom stereocenters. The molecule has 1 fully saturated rings. The van der Waals surface area contributed by atoms with Gasteiger partial charge >= 0.3 is 0 Å². The summed E-state index contributed by atoms with van der Waals surface area (Å²) in [6.07, 6.45) is 4.49. The van der Waals surface area contributed by atoms with E-state index in [4.69, 9.17) is 4.42 Å². The highest BCUT2D eigenvalue weighted by Gasteiger charge is 2.25. The highest BCUT2D eigenvalue weighted by Crippen LogP contribution is 2.24. The summed E-state index contributed by atoms with van der Waals surface area (Å²) in [5.41, 5.74) is 0. The second kappa shape index (κ2) is 6.79. The predicted molar refractivity (Wildman–Crippen MR) is 85.1 cm³/mol. The van der Waals surface area contributed by atoms with E-state index in [1.807, 2.05) is 25.1 Å². The molecule has 3 heterocycles. The van der Waals surface area contributed by atoms with Crippen LogP contribution in [-0.2, 0) is 6.42 Å². The van der Waals surface area contributed by atoms with Crippen LogP contribution in [0.25, 0.3) is 0 Å². The SMILES string of the molecule is Cc1ccc(CCNc2cc(N3CCCC3CO)ncn2)o1. The lowest BCUT2D eigenvalue weighted by molar-refractivity contribution is 0.266. The summed E-state index contributed by atoms with van der Waals surface area (Å²) in [7, 11) is 0. The van der Waals surface area contributed by atoms with E-state index in [0.29, 0.717) is 0 Å². The van der Waals surface area contributed by atoms with Gasteiger partial charge in [-0.15, -0.1) is 0 Å². The molecule has 0 bridgehead atoms. The number of aliphatic hydroxyl groups excluding tert-OH is 1. The number of furan rings is 1. The molecule has 0 radical (unpaired) electrons. The van der Waals surface area contributed by atoms with Gasteiger partial charge in [-0.05, 0) is 31.9 Å². The molecule has 6 nitrogen and oxygen atoms in total. The van der Waals surface area contributed by atoms with E-state index in [9.17, 15) is 5.11 Å². The first-order valence-electron chi connectivity index (χ1n) is 7.75. The van der Waals surface area contributed by atoms with Crippen LogP contribution in [0.3, 0.4) is 0 Å². The molecule has 22 heavy (non-hydrogen) atoms. The molecule has 2 aromatic rings. The maximum Gasteiger partial charge on any atom is 0.134 e. The van der Waals surface area contributed by atoms with Crippen LogP contribution in [0.1, 0.15) is 24.4 Å². The smallest absolute Gasteiger partial charge is 0.134 e. The summed E-state index contributed by atoms with van der Waals surface area (Å²) in [4.78, 5) is 10.7. The Labute approximate surface area is 130 Å². The van der Waals surface area contributed by atoms with Gasteiger partial charge in [0.2, 0.25) is 0 Å². The van der Waals surface area contributed by atoms with Crippen LogP contribution in [0.5, 0.6) is 0 Å². The first-order valence-corrected chi connectivity index (χ1v) is 7.75. The largest absolute Gasteiger partial charge is 0.466 e. The summed E-state index contributed by atoms with van der Waals surface area (Å²) in [5, 5.41) is 12.7. The quantitative estimate of drug-likeness (QED) is 0.850. The third kappa shape index (κ3) is 3.39. The van der Waals surface area contributed by atoms with E-state index in [1.165, 1.54) is 0 Å². The van der Waals surface area contributed by atoms with E-state index < -0.39 is 0 Å². The molecule has 0 amide bonds. The Kier molecular flexibility index (Phi) is 4.58. The molecule has 1 aliphatic rings. The first-order chi connectivity index (χ1) is 10.8. The van der Waals surface area contributed by atoms with Gasteiger partial charge in [-0.1, -0.05) is 0 Å². The first kappa shape index (κ1) is 14.8. The van der Waals surface area contributed by atoms with Gasteiger partial charge in [-0.2, -0.15) is 0 Å². The van der Waals surface area contributed by atoms with Crippen LogP contribution in [-0.4, -0.2) is 40.8 Å². The van der Waals surface area contributed by atoms with Crippen molar-refractivity contribution in [3.05, 3.63) is 36.0 Å². The third-order valence-corrected chi connectivity index (χ3v) is 4.01. The summed E-state index contributed by atoms with van der Waals surface area (Å²) in [6.45, 7) is 3.81. The molecular weight excluding hydrogens is 280 g/mol. The van der Waals surface area contributed by atoms with Crippen molar-refractivity contribution in [3.8, 4) is 0 Å². The van der Waals surface area contributed by atoms with Crippen molar-refractivity contribution in [3.63, 3.8) is 0 Å². The van der Waals surface area contributed by atoms with E-state index in [-0.39, 0.29) is 12.6 Å². The summed E-state index contributed by atoms with van der Waals surface area (Å²) < 4.78 is 5.55. The Morgan fingerprint density at radius 2 is 2.32 bits per heavy atom. The van der Waals surface area contributed by atoms with Crippen LogP contribution >= 0.6 is 0 Å². The fourth-order valence-electron chi connectivity index (χ4n) is 2.86. The van der Waals surface area contributed by atoms with Crippen molar-refractivity contribution in [2.75, 3.05) is 29.9 Å². The fourth-order valence-corrected chi connectivity index (χ4v) is 2.86. The Hall–Kier alpha value is -2.08. The van der Waals surface area contributed by atoms with E-state index >= 15 is 0 Å². The van der Waals surface area contributed by atoms with Crippen molar-refractivity contribution in [2.24, 2.45) is 0 Å². The molecule has 0 saturated carbocycles. The molecule has 0 aliphatic carbocycles. The van der Waals surface area contributed by atoms with Gasteiger partial charge in [0.1, 0.15) is 29.5 Å². The average molecular weight is 302 g/mol. The van der Waals surface area contributed by atoms with Crippen LogP contribution in [0.15, 0.2) is 28.9 Å². The number of aliphatic hydroxyl groups is 1. The molecule has 2 N–H and O–H groups in total. The number of nitrogens with zero attached hydrogens (tertiary/aromatic N) is 3. The predicted octanol–water partition coefficient (Wildman–Crippen LogP) is 1.99. The Bertz CT molecular complexity index is 614. The fraction of sp³-hybridized carbons (Fsp3) is 0.500. The molecule has 3 rings (SSSR count). The van der Waals surface area contributed by atoms with Crippen molar-refractivity contribution in [1.82, 2.24) is 9.97 Å². The molecule has 1 aliphatic heterocycles. The molecule has 118 valence electrons. The second-order valence-electron chi connectivity index (χ2n) is 5.62. The lowest BCUT2D eigenvalue weighted by Crippen LogP contribution is -2.32. The molecule has 6 heteroatoms. The van der Waals surface area contributed by atoms with Crippen molar-refractivity contribution in [1.29, 1.82) is 0 Å². The lowest BCUT2D eigenvalue weighted by atomic mass is 10.2. The monoisotopic (exact) mass is 302 g/mol. The van der Waals surface area contributed by atoms with Crippen molar-refractivity contribution in [2.45, 2.75) is 32.2 Å². The molecule has 0 aromatic carbocycles. The summed E-state index contributed by atoms with van der Waals surface area (Å²) >= 11 is 0. The molecule has 2 aromatic heterocycles. The number of hydrogen-bond donors (Lipinski definition) is 2. The van der Waals surface area contributed by atoms with Crippen LogP contribution < -0.4 is 10.2 Å². The zero-order valence-electron chi connectivity index (χ0n) is 12.8. The second-order valence-corrected chi connectivity index (χ2v) is 5.62. The maximum atomic E-state index is 9.43. The molecule has 1 saturated heterocycles. The van der Waals surface area contributed by atoms with E-state index in [2.05, 4.69) is 20.2 Å². The highest BCUT2D eigenvalue weighted by molar-refractivity contribution is 5.49. The Morgan fingerprint density at radius 1 is 1.41 bits per heavy atom. The normalized spacial score (nSPS) is 17.9. The zero-order chi connectivity index (χ0) is 15.4. The number of rotatable bonds is 6. The van der Waals surface area contributed by atoms with E-state index in [0.717, 1.165) is 55.5 Å². The average Bonchev–Trinajstić information content (AvgIpc) is 3.16. The summed E-state index contributed by atoms with van der Waals surface area (Å²) in [6, 6.07) is 6.09. The number of nitrogens with one attached hydrogen (secondary N) is 1. The maximum absolute atomic E-state index is 9.43. The number of aromatic nitrogens is 2. The Balaban J connectivity index is 1.59. The minimum absolute atomic E-state index is 0.171. The number of anilines is 2. The van der Waals surface area contributed by atoms with Crippen LogP contribution in [0.4, 0.5) is 11.6 Å². The van der Waals surface area contributed by atoms with Gasteiger partial charge in [0, 0.05) is 25.6 Å². The standard InChI is InChI=1S/C16H22N4O2/c1-12-4-5-14(22-12)6-7-17-15-9-16(19-11-18-15)20-8-2-3-13(20)10-21/h4-5,9,11,13,21H,2-3,6-8,10H2,1H3,(H,17,18,19). The van der Waals surface area contributed by atoms with E-state index in [1.54, 1.807) is 6.33 Å². The zero-order valence-corrected chi connectivity index (χ0v) is 12.8. The van der Waals surface area contributed by atoms with Crippen LogP contribution in [0.2, 0.25) is 0 Å². The van der Waals surface area contributed by atoms with Crippen molar-refractivity contribution < 1.29 is 9.52 Å². The topological polar surface area (TPSA) is 74.4 Å². The minimum atomic E-state index is 0.171. The van der Waals surface area contributed by atoms with Gasteiger partial charge in [0.05, 0.1) is 12.6 Å². The van der Waals surface area contributed by atoms with Crippen molar-refractivity contribution >= 4 is 11.6 Å². The minimum Gasteiger partial charge on any atom is -0.466 e. The molecule has 1 atom stereocenters. The highest BCUT2D eigenvalue weighted by atomic mass is 16.3. The van der Waals surface area contributed by atoms with Crippen LogP contribution in [0, 0.1) is 6.92 Å². The van der Waals surface area contributed by atoms with Gasteiger partial charge in [0.15, 0.2) is 0 Å². The Morgan fingerprint density at radius 3 is 3.09 bits per heavy atom.